The van der Waals surface area contributed by atoms with Crippen molar-refractivity contribution < 1.29 is 23.9 Å². The molecule has 1 unspecified atom stereocenters. The Balaban J connectivity index is 2.00. The van der Waals surface area contributed by atoms with Crippen molar-refractivity contribution in [1.82, 2.24) is 10.6 Å². The molecule has 1 atom stereocenters. The van der Waals surface area contributed by atoms with Gasteiger partial charge in [-0.3, -0.25) is 19.7 Å². The lowest BCUT2D eigenvalue weighted by atomic mass is 10.1. The molecule has 3 amide bonds. The molecule has 0 aliphatic carbocycles. The van der Waals surface area contributed by atoms with Crippen molar-refractivity contribution in [2.24, 2.45) is 0 Å². The number of carbonyl (C=O) groups excluding carboxylic acids is 4. The average molecular weight is 332 g/mol. The number of piperidine rings is 1. The highest BCUT2D eigenvalue weighted by molar-refractivity contribution is 6.04. The molecule has 0 bridgehead atoms. The fraction of sp³-hybridized carbons (Fsp3) is 0.412. The van der Waals surface area contributed by atoms with Crippen LogP contribution in [0, 0.1) is 0 Å². The zero-order valence-electron chi connectivity index (χ0n) is 13.8. The van der Waals surface area contributed by atoms with Crippen LogP contribution < -0.4 is 10.6 Å². The molecule has 7 nitrogen and oxygen atoms in total. The maximum atomic E-state index is 12.2. The second-order valence-electron chi connectivity index (χ2n) is 6.56. The summed E-state index contributed by atoms with van der Waals surface area (Å²) in [5.74, 6) is -1.77. The van der Waals surface area contributed by atoms with Gasteiger partial charge in [-0.2, -0.15) is 0 Å². The molecule has 24 heavy (non-hydrogen) atoms. The van der Waals surface area contributed by atoms with Crippen LogP contribution in [0.4, 0.5) is 0 Å². The summed E-state index contributed by atoms with van der Waals surface area (Å²) in [5, 5.41) is 4.75. The number of ether oxygens (including phenoxy) is 1. The number of hydrogen-bond acceptors (Lipinski definition) is 5. The van der Waals surface area contributed by atoms with Crippen LogP contribution in [-0.4, -0.2) is 35.3 Å². The van der Waals surface area contributed by atoms with Gasteiger partial charge in [0.15, 0.2) is 0 Å². The number of esters is 1. The Hall–Kier alpha value is -2.70. The van der Waals surface area contributed by atoms with E-state index < -0.39 is 29.4 Å². The maximum absolute atomic E-state index is 12.2. The minimum atomic E-state index is -0.735. The van der Waals surface area contributed by atoms with Crippen molar-refractivity contribution in [3.05, 3.63) is 35.4 Å². The molecular weight excluding hydrogens is 312 g/mol. The molecule has 0 radical (unpaired) electrons. The summed E-state index contributed by atoms with van der Waals surface area (Å²) >= 11 is 0. The third-order valence-electron chi connectivity index (χ3n) is 3.33. The Bertz CT molecular complexity index is 673. The van der Waals surface area contributed by atoms with E-state index in [-0.39, 0.29) is 18.7 Å². The van der Waals surface area contributed by atoms with E-state index in [1.807, 2.05) is 0 Å². The molecule has 2 N–H and O–H groups in total. The lowest BCUT2D eigenvalue weighted by Gasteiger charge is -2.22. The Morgan fingerprint density at radius 3 is 2.25 bits per heavy atom. The van der Waals surface area contributed by atoms with Crippen molar-refractivity contribution in [3.8, 4) is 0 Å². The van der Waals surface area contributed by atoms with Crippen molar-refractivity contribution in [2.75, 3.05) is 0 Å². The van der Waals surface area contributed by atoms with Crippen LogP contribution in [0.15, 0.2) is 24.3 Å². The predicted molar refractivity (Wildman–Crippen MR) is 85.2 cm³/mol. The van der Waals surface area contributed by atoms with Gasteiger partial charge in [-0.15, -0.1) is 0 Å². The molecule has 1 aromatic rings. The molecule has 1 aliphatic heterocycles. The zero-order chi connectivity index (χ0) is 17.9. The van der Waals surface area contributed by atoms with Crippen molar-refractivity contribution in [2.45, 2.75) is 45.3 Å². The fourth-order valence-corrected chi connectivity index (χ4v) is 2.17. The van der Waals surface area contributed by atoms with Crippen LogP contribution in [0.1, 0.15) is 54.3 Å². The number of carbonyl (C=O) groups is 4. The first-order chi connectivity index (χ1) is 11.2. The number of imide groups is 1. The van der Waals surface area contributed by atoms with E-state index >= 15 is 0 Å². The van der Waals surface area contributed by atoms with Crippen LogP contribution in [0.3, 0.4) is 0 Å². The second kappa shape index (κ2) is 6.82. The first-order valence-electron chi connectivity index (χ1n) is 7.64. The van der Waals surface area contributed by atoms with Crippen LogP contribution in [0.2, 0.25) is 0 Å². The molecule has 2 rings (SSSR count). The van der Waals surface area contributed by atoms with E-state index in [9.17, 15) is 19.2 Å². The minimum absolute atomic E-state index is 0.189. The van der Waals surface area contributed by atoms with E-state index in [2.05, 4.69) is 10.6 Å². The molecule has 1 heterocycles. The molecule has 0 spiro atoms. The number of hydrogen-bond donors (Lipinski definition) is 2. The summed E-state index contributed by atoms with van der Waals surface area (Å²) in [5.41, 5.74) is 0.0494. The SMILES string of the molecule is CC(C)(C)OC(=O)c1ccc(C(=O)NC2CCC(=O)NC2=O)cc1. The van der Waals surface area contributed by atoms with Gasteiger partial charge in [0.1, 0.15) is 11.6 Å². The minimum Gasteiger partial charge on any atom is -0.456 e. The van der Waals surface area contributed by atoms with E-state index in [0.29, 0.717) is 11.1 Å². The van der Waals surface area contributed by atoms with Crippen LogP contribution >= 0.6 is 0 Å². The molecule has 1 aromatic carbocycles. The Labute approximate surface area is 139 Å². The van der Waals surface area contributed by atoms with Gasteiger partial charge in [0.25, 0.3) is 5.91 Å². The highest BCUT2D eigenvalue weighted by Crippen LogP contribution is 2.13. The van der Waals surface area contributed by atoms with Crippen LogP contribution in [-0.2, 0) is 14.3 Å². The van der Waals surface area contributed by atoms with Gasteiger partial charge in [-0.25, -0.2) is 4.79 Å². The topological polar surface area (TPSA) is 102 Å². The molecule has 128 valence electrons. The smallest absolute Gasteiger partial charge is 0.338 e. The Morgan fingerprint density at radius 2 is 1.71 bits per heavy atom. The number of rotatable bonds is 3. The van der Waals surface area contributed by atoms with E-state index in [1.165, 1.54) is 24.3 Å². The lowest BCUT2D eigenvalue weighted by molar-refractivity contribution is -0.134. The summed E-state index contributed by atoms with van der Waals surface area (Å²) in [6, 6.07) is 5.22. The monoisotopic (exact) mass is 332 g/mol. The largest absolute Gasteiger partial charge is 0.456 e. The zero-order valence-corrected chi connectivity index (χ0v) is 13.8. The van der Waals surface area contributed by atoms with Gasteiger partial charge in [-0.1, -0.05) is 0 Å². The number of benzene rings is 1. The summed E-state index contributed by atoms with van der Waals surface area (Å²) in [4.78, 5) is 46.8. The van der Waals surface area contributed by atoms with Gasteiger partial charge in [-0.05, 0) is 51.5 Å². The van der Waals surface area contributed by atoms with Crippen molar-refractivity contribution in [1.29, 1.82) is 0 Å². The molecular formula is C17H20N2O5. The first-order valence-corrected chi connectivity index (χ1v) is 7.64. The van der Waals surface area contributed by atoms with Gasteiger partial charge in [0, 0.05) is 12.0 Å². The summed E-state index contributed by atoms with van der Waals surface area (Å²) in [6.07, 6.45) is 0.459. The standard InChI is InChI=1S/C17H20N2O5/c1-17(2,3)24-16(23)11-6-4-10(5-7-11)14(21)18-12-8-9-13(20)19-15(12)22/h4-7,12H,8-9H2,1-3H3,(H,18,21)(H,19,20,22). The van der Waals surface area contributed by atoms with E-state index in [1.54, 1.807) is 20.8 Å². The molecule has 0 saturated carbocycles. The summed E-state index contributed by atoms with van der Waals surface area (Å²) in [7, 11) is 0. The van der Waals surface area contributed by atoms with E-state index in [0.717, 1.165) is 0 Å². The highest BCUT2D eigenvalue weighted by atomic mass is 16.6. The Kier molecular flexibility index (Phi) is 5.02. The molecule has 1 saturated heterocycles. The number of nitrogens with one attached hydrogen (secondary N) is 2. The molecule has 7 heteroatoms. The fourth-order valence-electron chi connectivity index (χ4n) is 2.17. The molecule has 1 aliphatic rings. The predicted octanol–water partition coefficient (Wildman–Crippen LogP) is 1.18. The van der Waals surface area contributed by atoms with Gasteiger partial charge in [0.05, 0.1) is 5.56 Å². The summed E-state index contributed by atoms with van der Waals surface area (Å²) in [6.45, 7) is 5.31. The molecule has 0 aromatic heterocycles. The van der Waals surface area contributed by atoms with Gasteiger partial charge in [0.2, 0.25) is 11.8 Å². The highest BCUT2D eigenvalue weighted by Gasteiger charge is 2.28. The average Bonchev–Trinajstić information content (AvgIpc) is 2.48. The summed E-state index contributed by atoms with van der Waals surface area (Å²) < 4.78 is 5.25. The van der Waals surface area contributed by atoms with Crippen molar-refractivity contribution >= 4 is 23.7 Å². The second-order valence-corrected chi connectivity index (χ2v) is 6.56. The third-order valence-corrected chi connectivity index (χ3v) is 3.33. The lowest BCUT2D eigenvalue weighted by Crippen LogP contribution is -2.52. The molecule has 1 fully saturated rings. The van der Waals surface area contributed by atoms with Gasteiger partial charge >= 0.3 is 5.97 Å². The first kappa shape index (κ1) is 17.7. The number of amides is 3. The normalized spacial score (nSPS) is 17.9. The van der Waals surface area contributed by atoms with Crippen molar-refractivity contribution in [3.63, 3.8) is 0 Å². The van der Waals surface area contributed by atoms with E-state index in [4.69, 9.17) is 4.74 Å². The maximum Gasteiger partial charge on any atom is 0.338 e. The van der Waals surface area contributed by atoms with Crippen LogP contribution in [0.5, 0.6) is 0 Å². The van der Waals surface area contributed by atoms with Gasteiger partial charge < -0.3 is 10.1 Å². The Morgan fingerprint density at radius 1 is 1.12 bits per heavy atom. The van der Waals surface area contributed by atoms with Crippen LogP contribution in [0.25, 0.3) is 0 Å². The quantitative estimate of drug-likeness (QED) is 0.639. The third kappa shape index (κ3) is 4.65.